The summed E-state index contributed by atoms with van der Waals surface area (Å²) in [5.41, 5.74) is 0.683. The molecule has 0 saturated carbocycles. The second-order valence-corrected chi connectivity index (χ2v) is 7.50. The monoisotopic (exact) mass is 370 g/mol. The Balaban J connectivity index is 1.81. The van der Waals surface area contributed by atoms with Crippen molar-refractivity contribution in [3.63, 3.8) is 0 Å². The van der Waals surface area contributed by atoms with Crippen LogP contribution in [0, 0.1) is 5.92 Å². The van der Waals surface area contributed by atoms with Crippen molar-refractivity contribution in [3.05, 3.63) is 29.3 Å². The van der Waals surface area contributed by atoms with Crippen LogP contribution >= 0.6 is 34.7 Å². The average Bonchev–Trinajstić information content (AvgIpc) is 2.95. The Morgan fingerprint density at radius 3 is 2.57 bits per heavy atom. The van der Waals surface area contributed by atoms with Crippen molar-refractivity contribution in [2.45, 2.75) is 18.2 Å². The second-order valence-electron chi connectivity index (χ2n) is 4.86. The standard InChI is InChI=1S/C14H15ClN4O2S2/c1-8(2)12(21)17-13-18-19-14(23-13)22-7-11(20)16-10-5-3-9(15)4-6-10/h3-6,8H,7H2,1-2H3,(H,16,20)(H,17,18,21). The van der Waals surface area contributed by atoms with E-state index in [1.807, 2.05) is 0 Å². The highest BCUT2D eigenvalue weighted by atomic mass is 35.5. The molecule has 0 bridgehead atoms. The van der Waals surface area contributed by atoms with Crippen molar-refractivity contribution in [1.82, 2.24) is 10.2 Å². The Hall–Kier alpha value is -1.64. The van der Waals surface area contributed by atoms with Crippen LogP contribution in [-0.4, -0.2) is 27.8 Å². The molecule has 0 saturated heterocycles. The Bertz CT molecular complexity index is 688. The van der Waals surface area contributed by atoms with Crippen LogP contribution in [-0.2, 0) is 9.59 Å². The number of nitrogens with one attached hydrogen (secondary N) is 2. The SMILES string of the molecule is CC(C)C(=O)Nc1nnc(SCC(=O)Nc2ccc(Cl)cc2)s1. The van der Waals surface area contributed by atoms with Crippen LogP contribution in [0.5, 0.6) is 0 Å². The van der Waals surface area contributed by atoms with Gasteiger partial charge in [0.1, 0.15) is 0 Å². The lowest BCUT2D eigenvalue weighted by atomic mass is 10.2. The number of benzene rings is 1. The number of rotatable bonds is 6. The Morgan fingerprint density at radius 1 is 1.22 bits per heavy atom. The van der Waals surface area contributed by atoms with Crippen molar-refractivity contribution >= 4 is 57.3 Å². The molecule has 2 amide bonds. The van der Waals surface area contributed by atoms with Gasteiger partial charge in [-0.3, -0.25) is 9.59 Å². The minimum absolute atomic E-state index is 0.113. The lowest BCUT2D eigenvalue weighted by Crippen LogP contribution is -2.17. The summed E-state index contributed by atoms with van der Waals surface area (Å²) >= 11 is 8.29. The molecule has 6 nitrogen and oxygen atoms in total. The van der Waals surface area contributed by atoms with Gasteiger partial charge in [-0.25, -0.2) is 0 Å². The summed E-state index contributed by atoms with van der Waals surface area (Å²) in [7, 11) is 0. The summed E-state index contributed by atoms with van der Waals surface area (Å²) < 4.78 is 0.621. The molecule has 1 heterocycles. The molecule has 0 fully saturated rings. The molecule has 9 heteroatoms. The zero-order chi connectivity index (χ0) is 16.8. The van der Waals surface area contributed by atoms with Crippen LogP contribution in [0.4, 0.5) is 10.8 Å². The first kappa shape index (κ1) is 17.7. The summed E-state index contributed by atoms with van der Waals surface area (Å²) in [6.45, 7) is 3.60. The zero-order valence-corrected chi connectivity index (χ0v) is 14.9. The van der Waals surface area contributed by atoms with Gasteiger partial charge in [-0.05, 0) is 24.3 Å². The third kappa shape index (κ3) is 5.81. The van der Waals surface area contributed by atoms with Crippen LogP contribution < -0.4 is 10.6 Å². The topological polar surface area (TPSA) is 84.0 Å². The summed E-state index contributed by atoms with van der Waals surface area (Å²) in [5, 5.41) is 14.3. The van der Waals surface area contributed by atoms with Gasteiger partial charge in [0.2, 0.25) is 16.9 Å². The van der Waals surface area contributed by atoms with Crippen LogP contribution in [0.15, 0.2) is 28.6 Å². The van der Waals surface area contributed by atoms with Crippen LogP contribution in [0.1, 0.15) is 13.8 Å². The molecule has 2 N–H and O–H groups in total. The van der Waals surface area contributed by atoms with E-state index >= 15 is 0 Å². The third-order valence-corrected chi connectivity index (χ3v) is 4.84. The van der Waals surface area contributed by atoms with E-state index in [4.69, 9.17) is 11.6 Å². The quantitative estimate of drug-likeness (QED) is 0.600. The van der Waals surface area contributed by atoms with E-state index in [0.717, 1.165) is 0 Å². The molecule has 0 aliphatic heterocycles. The third-order valence-electron chi connectivity index (χ3n) is 2.62. The smallest absolute Gasteiger partial charge is 0.234 e. The van der Waals surface area contributed by atoms with E-state index in [-0.39, 0.29) is 23.5 Å². The first-order valence-corrected chi connectivity index (χ1v) is 8.94. The van der Waals surface area contributed by atoms with Gasteiger partial charge in [0, 0.05) is 16.6 Å². The van der Waals surface area contributed by atoms with Crippen molar-refractivity contribution in [1.29, 1.82) is 0 Å². The van der Waals surface area contributed by atoms with Crippen LogP contribution in [0.2, 0.25) is 5.02 Å². The van der Waals surface area contributed by atoms with Gasteiger partial charge < -0.3 is 10.6 Å². The molecule has 0 radical (unpaired) electrons. The highest BCUT2D eigenvalue weighted by molar-refractivity contribution is 8.01. The molecule has 0 unspecified atom stereocenters. The Labute approximate surface area is 147 Å². The number of halogens is 1. The molecule has 0 atom stereocenters. The minimum atomic E-state index is -0.153. The van der Waals surface area contributed by atoms with Gasteiger partial charge in [0.15, 0.2) is 4.34 Å². The molecule has 122 valence electrons. The van der Waals surface area contributed by atoms with E-state index in [1.165, 1.54) is 23.1 Å². The van der Waals surface area contributed by atoms with E-state index in [9.17, 15) is 9.59 Å². The molecular formula is C14H15ClN4O2S2. The number of thioether (sulfide) groups is 1. The molecule has 2 aromatic rings. The van der Waals surface area contributed by atoms with Crippen molar-refractivity contribution in [3.8, 4) is 0 Å². The Morgan fingerprint density at radius 2 is 1.91 bits per heavy atom. The number of nitrogens with zero attached hydrogens (tertiary/aromatic N) is 2. The summed E-state index contributed by atoms with van der Waals surface area (Å²) in [6.07, 6.45) is 0. The summed E-state index contributed by atoms with van der Waals surface area (Å²) in [5.74, 6) is -0.186. The van der Waals surface area contributed by atoms with Gasteiger partial charge in [-0.15, -0.1) is 10.2 Å². The first-order valence-electron chi connectivity index (χ1n) is 6.76. The molecule has 1 aromatic carbocycles. The van der Waals surface area contributed by atoms with E-state index in [0.29, 0.717) is 20.2 Å². The molecule has 0 aliphatic rings. The predicted octanol–water partition coefficient (Wildman–Crippen LogP) is 3.52. The second kappa shape index (κ2) is 8.28. The molecule has 0 aliphatic carbocycles. The lowest BCUT2D eigenvalue weighted by Gasteiger charge is -2.04. The van der Waals surface area contributed by atoms with Crippen LogP contribution in [0.3, 0.4) is 0 Å². The largest absolute Gasteiger partial charge is 0.325 e. The fourth-order valence-electron chi connectivity index (χ4n) is 1.43. The number of carbonyl (C=O) groups excluding carboxylic acids is 2. The summed E-state index contributed by atoms with van der Waals surface area (Å²) in [6, 6.07) is 6.88. The van der Waals surface area contributed by atoms with E-state index in [2.05, 4.69) is 20.8 Å². The summed E-state index contributed by atoms with van der Waals surface area (Å²) in [4.78, 5) is 23.4. The normalized spacial score (nSPS) is 10.6. The highest BCUT2D eigenvalue weighted by Gasteiger charge is 2.12. The molecule has 0 spiro atoms. The van der Waals surface area contributed by atoms with E-state index < -0.39 is 0 Å². The molecule has 23 heavy (non-hydrogen) atoms. The average molecular weight is 371 g/mol. The maximum absolute atomic E-state index is 11.9. The van der Waals surface area contributed by atoms with Crippen molar-refractivity contribution in [2.75, 3.05) is 16.4 Å². The number of aromatic nitrogens is 2. The number of hydrogen-bond acceptors (Lipinski definition) is 6. The maximum Gasteiger partial charge on any atom is 0.234 e. The fourth-order valence-corrected chi connectivity index (χ4v) is 3.11. The van der Waals surface area contributed by atoms with Gasteiger partial charge in [0.05, 0.1) is 5.75 Å². The number of hydrogen-bond donors (Lipinski definition) is 2. The molecule has 2 rings (SSSR count). The zero-order valence-electron chi connectivity index (χ0n) is 12.5. The molecular weight excluding hydrogens is 356 g/mol. The number of carbonyl (C=O) groups is 2. The number of anilines is 2. The predicted molar refractivity (Wildman–Crippen MR) is 94.2 cm³/mol. The maximum atomic E-state index is 11.9. The number of amides is 2. The first-order chi connectivity index (χ1) is 10.9. The highest BCUT2D eigenvalue weighted by Crippen LogP contribution is 2.26. The molecule has 1 aromatic heterocycles. The van der Waals surface area contributed by atoms with Crippen LogP contribution in [0.25, 0.3) is 0 Å². The van der Waals surface area contributed by atoms with Crippen molar-refractivity contribution in [2.24, 2.45) is 5.92 Å². The van der Waals surface area contributed by atoms with Crippen molar-refractivity contribution < 1.29 is 9.59 Å². The van der Waals surface area contributed by atoms with E-state index in [1.54, 1.807) is 38.1 Å². The van der Waals surface area contributed by atoms with Gasteiger partial charge in [0.25, 0.3) is 0 Å². The Kier molecular flexibility index (Phi) is 6.37. The fraction of sp³-hybridized carbons (Fsp3) is 0.286. The van der Waals surface area contributed by atoms with Gasteiger partial charge in [-0.1, -0.05) is 48.5 Å². The van der Waals surface area contributed by atoms with Gasteiger partial charge >= 0.3 is 0 Å². The lowest BCUT2D eigenvalue weighted by molar-refractivity contribution is -0.119. The minimum Gasteiger partial charge on any atom is -0.325 e. The van der Waals surface area contributed by atoms with Gasteiger partial charge in [-0.2, -0.15) is 0 Å².